The number of urea groups is 1. The van der Waals surface area contributed by atoms with E-state index in [-0.39, 0.29) is 23.4 Å². The molecule has 1 atom stereocenters. The Bertz CT molecular complexity index is 677. The van der Waals surface area contributed by atoms with Crippen LogP contribution in [0.2, 0.25) is 5.02 Å². The second-order valence-corrected chi connectivity index (χ2v) is 7.57. The quantitative estimate of drug-likeness (QED) is 0.857. The van der Waals surface area contributed by atoms with Gasteiger partial charge in [0.25, 0.3) is 5.91 Å². The monoisotopic (exact) mass is 350 g/mol. The number of hydrogen-bond acceptors (Lipinski definition) is 3. The van der Waals surface area contributed by atoms with Crippen LogP contribution < -0.4 is 16.0 Å². The van der Waals surface area contributed by atoms with Crippen molar-refractivity contribution >= 4 is 29.2 Å². The molecular weight excluding hydrogens is 328 g/mol. The maximum absolute atomic E-state index is 12.9. The van der Waals surface area contributed by atoms with Gasteiger partial charge in [-0.1, -0.05) is 25.4 Å². The van der Waals surface area contributed by atoms with Gasteiger partial charge < -0.3 is 16.0 Å². The van der Waals surface area contributed by atoms with Crippen LogP contribution in [-0.2, 0) is 0 Å². The topological polar surface area (TPSA) is 78.7 Å². The molecule has 130 valence electrons. The molecule has 0 aromatic heterocycles. The van der Waals surface area contributed by atoms with Crippen molar-refractivity contribution in [3.8, 4) is 0 Å². The number of benzene rings is 1. The first-order valence-electron chi connectivity index (χ1n) is 8.19. The van der Waals surface area contributed by atoms with E-state index in [0.29, 0.717) is 42.5 Å². The summed E-state index contributed by atoms with van der Waals surface area (Å²) >= 11 is 6.26. The largest absolute Gasteiger partial charge is 0.338 e. The minimum atomic E-state index is -0.152. The number of likely N-dealkylation sites (tertiary alicyclic amines) is 1. The number of nitrogens with one attached hydrogen (secondary N) is 1. The van der Waals surface area contributed by atoms with Crippen LogP contribution in [0.5, 0.6) is 0 Å². The maximum atomic E-state index is 12.9. The van der Waals surface area contributed by atoms with Gasteiger partial charge in [-0.15, -0.1) is 0 Å². The lowest BCUT2D eigenvalue weighted by atomic mass is 9.79. The van der Waals surface area contributed by atoms with Crippen molar-refractivity contribution in [3.05, 3.63) is 28.8 Å². The van der Waals surface area contributed by atoms with E-state index in [4.69, 9.17) is 17.3 Å². The molecule has 6 nitrogen and oxygen atoms in total. The number of nitrogens with zero attached hydrogens (tertiary/aromatic N) is 2. The Morgan fingerprint density at radius 1 is 1.38 bits per heavy atom. The summed E-state index contributed by atoms with van der Waals surface area (Å²) in [5.41, 5.74) is 7.13. The smallest absolute Gasteiger partial charge is 0.321 e. The van der Waals surface area contributed by atoms with Gasteiger partial charge in [-0.2, -0.15) is 0 Å². The molecule has 0 bridgehead atoms. The molecule has 3 N–H and O–H groups in total. The van der Waals surface area contributed by atoms with Crippen LogP contribution in [0.3, 0.4) is 0 Å². The SMILES string of the molecule is CC1(C)CN(C(=O)c2cc(N3CCNC3=O)ccc2Cl)CCC1N. The van der Waals surface area contributed by atoms with Crippen LogP contribution in [0, 0.1) is 5.41 Å². The third-order valence-corrected chi connectivity index (χ3v) is 5.28. The molecule has 2 saturated heterocycles. The first-order valence-corrected chi connectivity index (χ1v) is 8.57. The zero-order valence-corrected chi connectivity index (χ0v) is 14.8. The molecule has 2 aliphatic heterocycles. The molecule has 2 aliphatic rings. The van der Waals surface area contributed by atoms with E-state index >= 15 is 0 Å². The number of anilines is 1. The van der Waals surface area contributed by atoms with Crippen LogP contribution in [0.15, 0.2) is 18.2 Å². The van der Waals surface area contributed by atoms with Crippen LogP contribution in [-0.4, -0.2) is 49.1 Å². The predicted octanol–water partition coefficient (Wildman–Crippen LogP) is 2.07. The zero-order chi connectivity index (χ0) is 17.5. The number of halogens is 1. The number of carbonyl (C=O) groups excluding carboxylic acids is 2. The highest BCUT2D eigenvalue weighted by atomic mass is 35.5. The van der Waals surface area contributed by atoms with Crippen molar-refractivity contribution in [2.75, 3.05) is 31.1 Å². The standard InChI is InChI=1S/C17H23ClN4O2/c1-17(2)10-21(7-5-14(17)19)15(23)12-9-11(3-4-13(12)18)22-8-6-20-16(22)24/h3-4,9,14H,5-8,10,19H2,1-2H3,(H,20,24). The maximum Gasteiger partial charge on any atom is 0.321 e. The van der Waals surface area contributed by atoms with Gasteiger partial charge >= 0.3 is 6.03 Å². The Hall–Kier alpha value is -1.79. The number of piperidine rings is 1. The van der Waals surface area contributed by atoms with Crippen LogP contribution >= 0.6 is 11.6 Å². The molecule has 0 aliphatic carbocycles. The third-order valence-electron chi connectivity index (χ3n) is 4.95. The van der Waals surface area contributed by atoms with E-state index in [2.05, 4.69) is 19.2 Å². The first kappa shape index (κ1) is 17.0. The van der Waals surface area contributed by atoms with Gasteiger partial charge in [-0.3, -0.25) is 9.69 Å². The molecule has 1 unspecified atom stereocenters. The Kier molecular flexibility index (Phi) is 4.44. The molecule has 1 aromatic rings. The Morgan fingerprint density at radius 2 is 2.12 bits per heavy atom. The minimum absolute atomic E-state index is 0.0802. The summed E-state index contributed by atoms with van der Waals surface area (Å²) in [6, 6.07) is 5.07. The molecule has 0 saturated carbocycles. The summed E-state index contributed by atoms with van der Waals surface area (Å²) in [5, 5.41) is 3.15. The Morgan fingerprint density at radius 3 is 2.75 bits per heavy atom. The highest BCUT2D eigenvalue weighted by Gasteiger charge is 2.36. The van der Waals surface area contributed by atoms with E-state index in [1.807, 2.05) is 0 Å². The molecule has 1 aromatic carbocycles. The number of carbonyl (C=O) groups is 2. The molecule has 2 heterocycles. The molecule has 2 fully saturated rings. The van der Waals surface area contributed by atoms with Gasteiger partial charge in [0.15, 0.2) is 0 Å². The fourth-order valence-electron chi connectivity index (χ4n) is 3.28. The Balaban J connectivity index is 1.86. The lowest BCUT2D eigenvalue weighted by Gasteiger charge is -2.42. The molecule has 7 heteroatoms. The summed E-state index contributed by atoms with van der Waals surface area (Å²) in [6.45, 7) is 6.54. The number of nitrogens with two attached hydrogens (primary N) is 1. The summed E-state index contributed by atoms with van der Waals surface area (Å²) in [7, 11) is 0. The second kappa shape index (κ2) is 6.26. The lowest BCUT2D eigenvalue weighted by Crippen LogP contribution is -2.54. The van der Waals surface area contributed by atoms with E-state index in [0.717, 1.165) is 6.42 Å². The predicted molar refractivity (Wildman–Crippen MR) is 94.5 cm³/mol. The fourth-order valence-corrected chi connectivity index (χ4v) is 3.48. The van der Waals surface area contributed by atoms with Gasteiger partial charge in [-0.05, 0) is 30.0 Å². The van der Waals surface area contributed by atoms with Crippen molar-refractivity contribution in [2.45, 2.75) is 26.3 Å². The summed E-state index contributed by atoms with van der Waals surface area (Å²) in [6.07, 6.45) is 0.768. The van der Waals surface area contributed by atoms with Crippen molar-refractivity contribution in [1.29, 1.82) is 0 Å². The first-order chi connectivity index (χ1) is 11.3. The van der Waals surface area contributed by atoms with E-state index in [9.17, 15) is 9.59 Å². The third kappa shape index (κ3) is 3.08. The minimum Gasteiger partial charge on any atom is -0.338 e. The number of amides is 3. The highest BCUT2D eigenvalue weighted by Crippen LogP contribution is 2.31. The summed E-state index contributed by atoms with van der Waals surface area (Å²) < 4.78 is 0. The van der Waals surface area contributed by atoms with Gasteiger partial charge in [0, 0.05) is 37.9 Å². The van der Waals surface area contributed by atoms with Crippen molar-refractivity contribution < 1.29 is 9.59 Å². The van der Waals surface area contributed by atoms with E-state index in [1.54, 1.807) is 28.0 Å². The molecule has 3 amide bonds. The normalized spacial score (nSPS) is 23.3. The van der Waals surface area contributed by atoms with Crippen LogP contribution in [0.4, 0.5) is 10.5 Å². The summed E-state index contributed by atoms with van der Waals surface area (Å²) in [4.78, 5) is 28.2. The van der Waals surface area contributed by atoms with Gasteiger partial charge in [0.2, 0.25) is 0 Å². The van der Waals surface area contributed by atoms with Gasteiger partial charge in [0.05, 0.1) is 10.6 Å². The molecule has 3 rings (SSSR count). The average molecular weight is 351 g/mol. The zero-order valence-electron chi connectivity index (χ0n) is 14.0. The van der Waals surface area contributed by atoms with Gasteiger partial charge in [0.1, 0.15) is 0 Å². The summed E-state index contributed by atoms with van der Waals surface area (Å²) in [5.74, 6) is -0.110. The van der Waals surface area contributed by atoms with Crippen molar-refractivity contribution in [1.82, 2.24) is 10.2 Å². The Labute approximate surface area is 146 Å². The van der Waals surface area contributed by atoms with E-state index in [1.165, 1.54) is 0 Å². The average Bonchev–Trinajstić information content (AvgIpc) is 2.96. The molecule has 0 radical (unpaired) electrons. The van der Waals surface area contributed by atoms with Crippen molar-refractivity contribution in [2.24, 2.45) is 11.1 Å². The molecular formula is C17H23ClN4O2. The number of hydrogen-bond donors (Lipinski definition) is 2. The number of rotatable bonds is 2. The van der Waals surface area contributed by atoms with E-state index < -0.39 is 0 Å². The second-order valence-electron chi connectivity index (χ2n) is 7.16. The van der Waals surface area contributed by atoms with Crippen molar-refractivity contribution in [3.63, 3.8) is 0 Å². The highest BCUT2D eigenvalue weighted by molar-refractivity contribution is 6.34. The lowest BCUT2D eigenvalue weighted by molar-refractivity contribution is 0.0533. The molecule has 24 heavy (non-hydrogen) atoms. The van der Waals surface area contributed by atoms with Gasteiger partial charge in [-0.25, -0.2) is 4.79 Å². The molecule has 0 spiro atoms. The van der Waals surface area contributed by atoms with Crippen LogP contribution in [0.1, 0.15) is 30.6 Å². The van der Waals surface area contributed by atoms with Crippen LogP contribution in [0.25, 0.3) is 0 Å². The fraction of sp³-hybridized carbons (Fsp3) is 0.529.